The van der Waals surface area contributed by atoms with E-state index in [-0.39, 0.29) is 0 Å². The number of aromatic nitrogens is 2. The molecule has 5 nitrogen and oxygen atoms in total. The molecular formula is C18H19N3O2. The summed E-state index contributed by atoms with van der Waals surface area (Å²) in [5, 5.41) is 2.74. The fraction of sp³-hybridized carbons (Fsp3) is 0.222. The Balaban J connectivity index is 1.92. The number of nitrogens with one attached hydrogen (secondary N) is 1. The molecule has 0 aliphatic rings. The van der Waals surface area contributed by atoms with Crippen molar-refractivity contribution in [2.45, 2.75) is 26.4 Å². The van der Waals surface area contributed by atoms with Crippen molar-refractivity contribution in [2.24, 2.45) is 0 Å². The maximum Gasteiger partial charge on any atom is 0.413 e. The second-order valence-corrected chi connectivity index (χ2v) is 6.28. The van der Waals surface area contributed by atoms with E-state index in [1.807, 2.05) is 73.8 Å². The first-order chi connectivity index (χ1) is 10.9. The highest BCUT2D eigenvalue weighted by Crippen LogP contribution is 2.22. The molecule has 0 spiro atoms. The van der Waals surface area contributed by atoms with E-state index in [2.05, 4.69) is 10.3 Å². The van der Waals surface area contributed by atoms with Gasteiger partial charge in [-0.1, -0.05) is 30.3 Å². The minimum absolute atomic E-state index is 0.496. The first-order valence-electron chi connectivity index (χ1n) is 7.45. The average molecular weight is 309 g/mol. The van der Waals surface area contributed by atoms with E-state index in [0.29, 0.717) is 5.82 Å². The van der Waals surface area contributed by atoms with E-state index in [1.54, 1.807) is 6.20 Å². The number of rotatable bonds is 2. The number of hydrogen-bond acceptors (Lipinski definition) is 3. The van der Waals surface area contributed by atoms with Crippen LogP contribution in [0, 0.1) is 0 Å². The van der Waals surface area contributed by atoms with Crippen molar-refractivity contribution in [1.82, 2.24) is 9.38 Å². The largest absolute Gasteiger partial charge is 0.444 e. The van der Waals surface area contributed by atoms with Gasteiger partial charge in [0.1, 0.15) is 17.1 Å². The zero-order valence-corrected chi connectivity index (χ0v) is 13.4. The number of carbonyl (C=O) groups excluding carboxylic acids is 1. The lowest BCUT2D eigenvalue weighted by Crippen LogP contribution is -2.27. The molecule has 1 N–H and O–H groups in total. The van der Waals surface area contributed by atoms with Crippen molar-refractivity contribution >= 4 is 17.6 Å². The van der Waals surface area contributed by atoms with Gasteiger partial charge in [0.25, 0.3) is 0 Å². The number of amides is 1. The van der Waals surface area contributed by atoms with Crippen LogP contribution in [0.3, 0.4) is 0 Å². The van der Waals surface area contributed by atoms with Gasteiger partial charge in [-0.25, -0.2) is 9.78 Å². The van der Waals surface area contributed by atoms with Crippen molar-refractivity contribution in [2.75, 3.05) is 5.32 Å². The molecule has 23 heavy (non-hydrogen) atoms. The Morgan fingerprint density at radius 1 is 1.09 bits per heavy atom. The lowest BCUT2D eigenvalue weighted by Gasteiger charge is -2.19. The number of imidazole rings is 1. The van der Waals surface area contributed by atoms with Crippen molar-refractivity contribution < 1.29 is 9.53 Å². The molecule has 1 aromatic carbocycles. The summed E-state index contributed by atoms with van der Waals surface area (Å²) < 4.78 is 7.12. The molecule has 0 radical (unpaired) electrons. The Kier molecular flexibility index (Phi) is 3.78. The fourth-order valence-corrected chi connectivity index (χ4v) is 2.28. The molecule has 118 valence electrons. The van der Waals surface area contributed by atoms with E-state index < -0.39 is 11.7 Å². The monoisotopic (exact) mass is 309 g/mol. The molecule has 1 amide bonds. The third-order valence-corrected chi connectivity index (χ3v) is 3.24. The van der Waals surface area contributed by atoms with Crippen LogP contribution in [0.4, 0.5) is 10.6 Å². The molecule has 2 heterocycles. The molecular weight excluding hydrogens is 290 g/mol. The highest BCUT2D eigenvalue weighted by atomic mass is 16.6. The second-order valence-electron chi connectivity index (χ2n) is 6.28. The standard InChI is InChI=1S/C18H19N3O2/c1-18(2,3)23-17(22)20-16-11-19-15-10-9-14(12-21(15)16)13-7-5-4-6-8-13/h4-12H,1-3H3,(H,20,22). The van der Waals surface area contributed by atoms with Gasteiger partial charge in [-0.15, -0.1) is 0 Å². The number of anilines is 1. The highest BCUT2D eigenvalue weighted by Gasteiger charge is 2.17. The third-order valence-electron chi connectivity index (χ3n) is 3.24. The van der Waals surface area contributed by atoms with Gasteiger partial charge >= 0.3 is 6.09 Å². The minimum Gasteiger partial charge on any atom is -0.444 e. The molecule has 0 saturated carbocycles. The van der Waals surface area contributed by atoms with Crippen LogP contribution in [0.1, 0.15) is 20.8 Å². The number of fused-ring (bicyclic) bond motifs is 1. The fourth-order valence-electron chi connectivity index (χ4n) is 2.28. The predicted molar refractivity (Wildman–Crippen MR) is 90.5 cm³/mol. The number of pyridine rings is 1. The van der Waals surface area contributed by atoms with Crippen LogP contribution in [0.5, 0.6) is 0 Å². The van der Waals surface area contributed by atoms with Crippen LogP contribution in [-0.2, 0) is 4.74 Å². The van der Waals surface area contributed by atoms with Gasteiger partial charge in [0.05, 0.1) is 6.20 Å². The zero-order valence-electron chi connectivity index (χ0n) is 13.4. The first-order valence-corrected chi connectivity index (χ1v) is 7.45. The number of ether oxygens (including phenoxy) is 1. The molecule has 2 aromatic heterocycles. The van der Waals surface area contributed by atoms with E-state index >= 15 is 0 Å². The van der Waals surface area contributed by atoms with E-state index in [9.17, 15) is 4.79 Å². The quantitative estimate of drug-likeness (QED) is 0.765. The molecule has 0 aliphatic heterocycles. The SMILES string of the molecule is CC(C)(C)OC(=O)Nc1cnc2ccc(-c3ccccc3)cn12. The number of carbonyl (C=O) groups is 1. The van der Waals surface area contributed by atoms with Crippen LogP contribution < -0.4 is 5.32 Å². The second kappa shape index (κ2) is 5.76. The van der Waals surface area contributed by atoms with Gasteiger partial charge in [0.2, 0.25) is 0 Å². The molecule has 3 aromatic rings. The van der Waals surface area contributed by atoms with Crippen molar-refractivity contribution in [3.63, 3.8) is 0 Å². The Hall–Kier alpha value is -2.82. The summed E-state index contributed by atoms with van der Waals surface area (Å²) in [6.07, 6.45) is 3.07. The van der Waals surface area contributed by atoms with Gasteiger partial charge in [0.15, 0.2) is 0 Å². The van der Waals surface area contributed by atoms with Gasteiger partial charge < -0.3 is 4.74 Å². The maximum atomic E-state index is 12.0. The molecule has 0 atom stereocenters. The number of nitrogens with zero attached hydrogens (tertiary/aromatic N) is 2. The third kappa shape index (κ3) is 3.51. The Morgan fingerprint density at radius 2 is 1.83 bits per heavy atom. The summed E-state index contributed by atoms with van der Waals surface area (Å²) in [5.74, 6) is 0.576. The van der Waals surface area contributed by atoms with Crippen LogP contribution in [-0.4, -0.2) is 21.1 Å². The average Bonchev–Trinajstić information content (AvgIpc) is 2.88. The summed E-state index contributed by atoms with van der Waals surface area (Å²) in [7, 11) is 0. The van der Waals surface area contributed by atoms with Crippen LogP contribution >= 0.6 is 0 Å². The van der Waals surface area contributed by atoms with E-state index in [4.69, 9.17) is 4.74 Å². The van der Waals surface area contributed by atoms with Crippen molar-refractivity contribution in [1.29, 1.82) is 0 Å². The maximum absolute atomic E-state index is 12.0. The first kappa shape index (κ1) is 15.1. The van der Waals surface area contributed by atoms with E-state index in [0.717, 1.165) is 16.8 Å². The molecule has 3 rings (SSSR count). The molecule has 0 saturated heterocycles. The van der Waals surface area contributed by atoms with Gasteiger partial charge in [-0.3, -0.25) is 9.72 Å². The number of benzene rings is 1. The van der Waals surface area contributed by atoms with Gasteiger partial charge in [0, 0.05) is 6.20 Å². The van der Waals surface area contributed by atoms with Crippen LogP contribution in [0.25, 0.3) is 16.8 Å². The summed E-state index contributed by atoms with van der Waals surface area (Å²) in [5.41, 5.74) is 2.37. The molecule has 0 fully saturated rings. The Morgan fingerprint density at radius 3 is 2.52 bits per heavy atom. The van der Waals surface area contributed by atoms with Crippen LogP contribution in [0.15, 0.2) is 54.9 Å². The lowest BCUT2D eigenvalue weighted by molar-refractivity contribution is 0.0635. The normalized spacial score (nSPS) is 11.4. The predicted octanol–water partition coefficient (Wildman–Crippen LogP) is 4.35. The summed E-state index contributed by atoms with van der Waals surface area (Å²) >= 11 is 0. The summed E-state index contributed by atoms with van der Waals surface area (Å²) in [6, 6.07) is 14.0. The molecule has 0 aliphatic carbocycles. The summed E-state index contributed by atoms with van der Waals surface area (Å²) in [6.45, 7) is 5.48. The smallest absolute Gasteiger partial charge is 0.413 e. The van der Waals surface area contributed by atoms with Crippen molar-refractivity contribution in [3.05, 3.63) is 54.9 Å². The zero-order chi connectivity index (χ0) is 16.4. The minimum atomic E-state index is -0.542. The Labute approximate surface area is 134 Å². The van der Waals surface area contributed by atoms with Gasteiger partial charge in [-0.05, 0) is 44.0 Å². The van der Waals surface area contributed by atoms with Crippen LogP contribution in [0.2, 0.25) is 0 Å². The number of hydrogen-bond donors (Lipinski definition) is 1. The molecule has 0 unspecified atom stereocenters. The van der Waals surface area contributed by atoms with Gasteiger partial charge in [-0.2, -0.15) is 0 Å². The van der Waals surface area contributed by atoms with Crippen molar-refractivity contribution in [3.8, 4) is 11.1 Å². The highest BCUT2D eigenvalue weighted by molar-refractivity contribution is 5.84. The Bertz CT molecular complexity index is 832. The molecule has 0 bridgehead atoms. The molecule has 5 heteroatoms. The lowest BCUT2D eigenvalue weighted by atomic mass is 10.1. The summed E-state index contributed by atoms with van der Waals surface area (Å²) in [4.78, 5) is 16.2. The topological polar surface area (TPSA) is 55.6 Å². The van der Waals surface area contributed by atoms with E-state index in [1.165, 1.54) is 0 Å².